The van der Waals surface area contributed by atoms with Crippen molar-refractivity contribution >= 4 is 34.1 Å². The third-order valence-electron chi connectivity index (χ3n) is 2.24. The standard InChI is InChI=1S/C8H8N2O4S2/c11-8(12)4-3-15-7(9-4)5-1-2-6(16-5)10(13)14/h1-2,4,7,9H,3H2,(H,11,12). The van der Waals surface area contributed by atoms with Gasteiger partial charge in [-0.1, -0.05) is 23.1 Å². The molecule has 1 aromatic rings. The van der Waals surface area contributed by atoms with E-state index in [2.05, 4.69) is 0 Å². The molecule has 1 aliphatic heterocycles. The third kappa shape index (κ3) is 2.18. The smallest absolute Gasteiger partial charge is 0.324 e. The highest BCUT2D eigenvalue weighted by molar-refractivity contribution is 7.99. The van der Waals surface area contributed by atoms with Crippen LogP contribution in [0.25, 0.3) is 0 Å². The molecule has 1 fully saturated rings. The molecule has 0 saturated carbocycles. The Morgan fingerprint density at radius 1 is 1.56 bits per heavy atom. The van der Waals surface area contributed by atoms with Crippen LogP contribution in [0.2, 0.25) is 0 Å². The van der Waals surface area contributed by atoms with Gasteiger partial charge in [0.2, 0.25) is 0 Å². The number of carbonyl (C=O) groups is 1. The van der Waals surface area contributed by atoms with Crippen LogP contribution in [0, 0.1) is 10.1 Å². The Bertz CT molecular complexity index is 433. The first-order valence-corrected chi connectivity index (χ1v) is 6.36. The monoisotopic (exact) mass is 260 g/mol. The van der Waals surface area contributed by atoms with Crippen LogP contribution in [0.15, 0.2) is 12.1 Å². The van der Waals surface area contributed by atoms with Gasteiger partial charge in [-0.2, -0.15) is 0 Å². The van der Waals surface area contributed by atoms with E-state index in [1.807, 2.05) is 0 Å². The van der Waals surface area contributed by atoms with Crippen LogP contribution >= 0.6 is 23.1 Å². The summed E-state index contributed by atoms with van der Waals surface area (Å²) >= 11 is 2.56. The highest BCUT2D eigenvalue weighted by atomic mass is 32.2. The van der Waals surface area contributed by atoms with Crippen molar-refractivity contribution in [3.63, 3.8) is 0 Å². The van der Waals surface area contributed by atoms with Crippen molar-refractivity contribution in [1.29, 1.82) is 0 Å². The molecule has 0 spiro atoms. The van der Waals surface area contributed by atoms with Crippen molar-refractivity contribution in [1.82, 2.24) is 0 Å². The second-order valence-electron chi connectivity index (χ2n) is 3.31. The Labute approximate surface area is 98.8 Å². The summed E-state index contributed by atoms with van der Waals surface area (Å²) in [5, 5.41) is 22.8. The summed E-state index contributed by atoms with van der Waals surface area (Å²) in [4.78, 5) is 21.5. The summed E-state index contributed by atoms with van der Waals surface area (Å²) in [5.74, 6) is -0.611. The van der Waals surface area contributed by atoms with Crippen molar-refractivity contribution < 1.29 is 20.1 Å². The lowest BCUT2D eigenvalue weighted by Gasteiger charge is -2.08. The number of nitro groups is 1. The van der Waals surface area contributed by atoms with Gasteiger partial charge >= 0.3 is 5.00 Å². The average molecular weight is 260 g/mol. The lowest BCUT2D eigenvalue weighted by Crippen LogP contribution is -2.90. The van der Waals surface area contributed by atoms with Gasteiger partial charge in [0.25, 0.3) is 0 Å². The Morgan fingerprint density at radius 2 is 2.31 bits per heavy atom. The van der Waals surface area contributed by atoms with Crippen LogP contribution in [0.4, 0.5) is 5.00 Å². The van der Waals surface area contributed by atoms with Crippen molar-refractivity contribution in [3.8, 4) is 0 Å². The maximum Gasteiger partial charge on any atom is 0.324 e. The Balaban J connectivity index is 2.08. The molecule has 2 heterocycles. The molecule has 2 atom stereocenters. The molecule has 8 heteroatoms. The number of hydrogen-bond donors (Lipinski definition) is 1. The summed E-state index contributed by atoms with van der Waals surface area (Å²) in [7, 11) is 0. The topological polar surface area (TPSA) is 99.9 Å². The molecule has 2 unspecified atom stereocenters. The number of nitrogens with zero attached hydrogens (tertiary/aromatic N) is 1. The molecule has 0 amide bonds. The first-order valence-electron chi connectivity index (χ1n) is 4.49. The zero-order valence-electron chi connectivity index (χ0n) is 7.99. The molecule has 0 bridgehead atoms. The highest BCUT2D eigenvalue weighted by Crippen LogP contribution is 2.34. The first kappa shape index (κ1) is 11.4. The lowest BCUT2D eigenvalue weighted by atomic mass is 10.3. The number of carboxylic acid groups (broad SMARTS) is 1. The SMILES string of the molecule is O=C([O-])C1CSC(c2ccc([N+](=O)[O-])s2)[NH2+]1. The number of hydrogen-bond acceptors (Lipinski definition) is 6. The molecule has 0 aromatic carbocycles. The number of quaternary nitrogens is 1. The summed E-state index contributed by atoms with van der Waals surface area (Å²) in [6, 6.07) is 2.56. The van der Waals surface area contributed by atoms with Gasteiger partial charge in [0.15, 0.2) is 5.37 Å². The second kappa shape index (κ2) is 4.40. The first-order chi connectivity index (χ1) is 7.58. The number of nitrogens with two attached hydrogens (primary N) is 1. The summed E-state index contributed by atoms with van der Waals surface area (Å²) in [6.45, 7) is 0. The molecule has 1 aliphatic rings. The minimum atomic E-state index is -1.08. The van der Waals surface area contributed by atoms with Crippen LogP contribution in [-0.2, 0) is 4.79 Å². The number of carbonyl (C=O) groups excluding carboxylic acids is 1. The molecule has 16 heavy (non-hydrogen) atoms. The van der Waals surface area contributed by atoms with Crippen molar-refractivity contribution in [2.75, 3.05) is 5.75 Å². The summed E-state index contributed by atoms with van der Waals surface area (Å²) in [5.41, 5.74) is 0. The Morgan fingerprint density at radius 3 is 2.81 bits per heavy atom. The zero-order chi connectivity index (χ0) is 11.7. The van der Waals surface area contributed by atoms with E-state index in [1.54, 1.807) is 11.4 Å². The molecule has 2 rings (SSSR count). The minimum absolute atomic E-state index is 0.0680. The molecule has 0 radical (unpaired) electrons. The van der Waals surface area contributed by atoms with Gasteiger partial charge in [0.1, 0.15) is 12.0 Å². The number of carboxylic acids is 1. The molecule has 1 aromatic heterocycles. The van der Waals surface area contributed by atoms with Crippen LogP contribution in [-0.4, -0.2) is 22.7 Å². The minimum Gasteiger partial charge on any atom is -0.544 e. The van der Waals surface area contributed by atoms with Gasteiger partial charge in [-0.15, -0.1) is 0 Å². The molecule has 6 nitrogen and oxygen atoms in total. The largest absolute Gasteiger partial charge is 0.544 e. The van der Waals surface area contributed by atoms with Crippen LogP contribution in [0.1, 0.15) is 10.3 Å². The quantitative estimate of drug-likeness (QED) is 0.560. The predicted octanol–water partition coefficient (Wildman–Crippen LogP) is -0.916. The van der Waals surface area contributed by atoms with Gasteiger partial charge in [-0.3, -0.25) is 10.1 Å². The van der Waals surface area contributed by atoms with E-state index in [1.165, 1.54) is 17.8 Å². The molecule has 1 saturated heterocycles. The van der Waals surface area contributed by atoms with Gasteiger partial charge in [0, 0.05) is 6.07 Å². The van der Waals surface area contributed by atoms with E-state index >= 15 is 0 Å². The van der Waals surface area contributed by atoms with Gasteiger partial charge in [-0.25, -0.2) is 0 Å². The fraction of sp³-hybridized carbons (Fsp3) is 0.375. The van der Waals surface area contributed by atoms with E-state index in [0.29, 0.717) is 5.75 Å². The molecule has 2 N–H and O–H groups in total. The lowest BCUT2D eigenvalue weighted by molar-refractivity contribution is -0.689. The number of rotatable bonds is 3. The van der Waals surface area contributed by atoms with Gasteiger partial charge in [0.05, 0.1) is 15.6 Å². The van der Waals surface area contributed by atoms with Crippen molar-refractivity contribution in [3.05, 3.63) is 27.1 Å². The van der Waals surface area contributed by atoms with Crippen LogP contribution < -0.4 is 10.4 Å². The van der Waals surface area contributed by atoms with E-state index in [0.717, 1.165) is 16.2 Å². The second-order valence-corrected chi connectivity index (χ2v) is 5.57. The van der Waals surface area contributed by atoms with Crippen molar-refractivity contribution in [2.45, 2.75) is 11.4 Å². The van der Waals surface area contributed by atoms with E-state index in [9.17, 15) is 20.0 Å². The summed E-state index contributed by atoms with van der Waals surface area (Å²) < 4.78 is 0. The highest BCUT2D eigenvalue weighted by Gasteiger charge is 2.32. The Hall–Kier alpha value is -1.12. The maximum absolute atomic E-state index is 10.6. The van der Waals surface area contributed by atoms with E-state index in [-0.39, 0.29) is 10.4 Å². The number of thiophene rings is 1. The third-order valence-corrected chi connectivity index (χ3v) is 4.83. The fourth-order valence-electron chi connectivity index (χ4n) is 1.45. The molecular weight excluding hydrogens is 252 g/mol. The Kier molecular flexibility index (Phi) is 3.13. The van der Waals surface area contributed by atoms with Crippen molar-refractivity contribution in [2.24, 2.45) is 0 Å². The molecule has 0 aliphatic carbocycles. The molecular formula is C8H8N2O4S2. The average Bonchev–Trinajstić information content (AvgIpc) is 2.86. The number of aliphatic carboxylic acids is 1. The van der Waals surface area contributed by atoms with Gasteiger partial charge in [-0.05, 0) is 6.07 Å². The maximum atomic E-state index is 10.6. The number of thioether (sulfide) groups is 1. The van der Waals surface area contributed by atoms with Gasteiger partial charge < -0.3 is 15.2 Å². The van der Waals surface area contributed by atoms with E-state index in [4.69, 9.17) is 0 Å². The molecule has 86 valence electrons. The fourth-order valence-corrected chi connectivity index (χ4v) is 3.78. The van der Waals surface area contributed by atoms with Crippen LogP contribution in [0.5, 0.6) is 0 Å². The van der Waals surface area contributed by atoms with E-state index < -0.39 is 16.9 Å². The predicted molar refractivity (Wildman–Crippen MR) is 56.9 cm³/mol. The normalized spacial score (nSPS) is 24.5. The zero-order valence-corrected chi connectivity index (χ0v) is 9.62. The summed E-state index contributed by atoms with van der Waals surface area (Å²) in [6.07, 6.45) is 0. The van der Waals surface area contributed by atoms with Crippen LogP contribution in [0.3, 0.4) is 0 Å².